The molecule has 0 aliphatic heterocycles. The van der Waals surface area contributed by atoms with Crippen molar-refractivity contribution < 1.29 is 23.8 Å². The second-order valence-electron chi connectivity index (χ2n) is 5.84. The van der Waals surface area contributed by atoms with Crippen LogP contribution >= 0.6 is 11.3 Å². The van der Waals surface area contributed by atoms with Crippen molar-refractivity contribution in [1.29, 1.82) is 0 Å². The number of aryl methyl sites for hydroxylation is 1. The van der Waals surface area contributed by atoms with E-state index in [1.165, 1.54) is 0 Å². The number of anilines is 1. The molecule has 152 valence electrons. The molecule has 3 aromatic rings. The van der Waals surface area contributed by atoms with Gasteiger partial charge in [-0.3, -0.25) is 15.2 Å². The number of aromatic nitrogens is 3. The van der Waals surface area contributed by atoms with E-state index in [-0.39, 0.29) is 12.3 Å². The summed E-state index contributed by atoms with van der Waals surface area (Å²) in [6.07, 6.45) is 0. The van der Waals surface area contributed by atoms with Crippen molar-refractivity contribution in [2.45, 2.75) is 13.8 Å². The Kier molecular flexibility index (Phi) is 6.13. The third-order valence-electron chi connectivity index (χ3n) is 3.98. The SMILES string of the molecule is CCOC(=O)c1sc(NC(=O)c2cc(-c3ccc(OC)c(OC)c3)n[nH]2)nc1C. The number of hydrogen-bond acceptors (Lipinski definition) is 8. The van der Waals surface area contributed by atoms with Gasteiger partial charge in [0.25, 0.3) is 5.91 Å². The fourth-order valence-corrected chi connectivity index (χ4v) is 3.44. The van der Waals surface area contributed by atoms with Crippen LogP contribution in [0.3, 0.4) is 0 Å². The Morgan fingerprint density at radius 2 is 1.93 bits per heavy atom. The highest BCUT2D eigenvalue weighted by Crippen LogP contribution is 2.32. The number of amides is 1. The number of rotatable bonds is 7. The first kappa shape index (κ1) is 20.3. The van der Waals surface area contributed by atoms with Gasteiger partial charge in [-0.15, -0.1) is 0 Å². The van der Waals surface area contributed by atoms with Crippen molar-refractivity contribution in [3.8, 4) is 22.8 Å². The Hall–Kier alpha value is -3.40. The zero-order valence-electron chi connectivity index (χ0n) is 16.4. The average Bonchev–Trinajstić information content (AvgIpc) is 3.34. The van der Waals surface area contributed by atoms with Crippen LogP contribution in [-0.4, -0.2) is 47.9 Å². The first-order valence-corrected chi connectivity index (χ1v) is 9.52. The molecule has 2 N–H and O–H groups in total. The Morgan fingerprint density at radius 3 is 2.62 bits per heavy atom. The van der Waals surface area contributed by atoms with Gasteiger partial charge in [0.05, 0.1) is 32.2 Å². The molecule has 0 radical (unpaired) electrons. The van der Waals surface area contributed by atoms with Crippen LogP contribution in [0.25, 0.3) is 11.3 Å². The minimum Gasteiger partial charge on any atom is -0.493 e. The zero-order valence-corrected chi connectivity index (χ0v) is 17.2. The number of thiazole rings is 1. The maximum atomic E-state index is 12.5. The fraction of sp³-hybridized carbons (Fsp3) is 0.263. The van der Waals surface area contributed by atoms with Crippen molar-refractivity contribution in [2.24, 2.45) is 0 Å². The number of carbonyl (C=O) groups is 2. The lowest BCUT2D eigenvalue weighted by Crippen LogP contribution is -2.12. The van der Waals surface area contributed by atoms with Gasteiger partial charge in [0, 0.05) is 5.56 Å². The summed E-state index contributed by atoms with van der Waals surface area (Å²) in [5, 5.41) is 9.86. The molecular weight excluding hydrogens is 396 g/mol. The molecule has 1 amide bonds. The lowest BCUT2D eigenvalue weighted by molar-refractivity contribution is 0.0531. The number of methoxy groups -OCH3 is 2. The fourth-order valence-electron chi connectivity index (χ4n) is 2.58. The molecule has 2 aromatic heterocycles. The van der Waals surface area contributed by atoms with Crippen LogP contribution in [0.4, 0.5) is 5.13 Å². The van der Waals surface area contributed by atoms with Gasteiger partial charge in [0.1, 0.15) is 10.6 Å². The molecule has 9 nitrogen and oxygen atoms in total. The van der Waals surface area contributed by atoms with Crippen LogP contribution in [-0.2, 0) is 4.74 Å². The predicted octanol–water partition coefficient (Wildman–Crippen LogP) is 3.29. The number of hydrogen-bond donors (Lipinski definition) is 2. The highest BCUT2D eigenvalue weighted by atomic mass is 32.1. The molecule has 2 heterocycles. The van der Waals surface area contributed by atoms with E-state index >= 15 is 0 Å². The number of nitrogens with zero attached hydrogens (tertiary/aromatic N) is 2. The van der Waals surface area contributed by atoms with Crippen LogP contribution in [0.2, 0.25) is 0 Å². The number of carbonyl (C=O) groups excluding carboxylic acids is 2. The van der Waals surface area contributed by atoms with Gasteiger partial charge in [0.2, 0.25) is 0 Å². The van der Waals surface area contributed by atoms with E-state index in [0.29, 0.717) is 32.9 Å². The molecule has 0 spiro atoms. The standard InChI is InChI=1S/C19H20N4O5S/c1-5-28-18(25)16-10(2)20-19(29-16)21-17(24)13-9-12(22-23-13)11-6-7-14(26-3)15(8-11)27-4/h6-9H,5H2,1-4H3,(H,22,23)(H,20,21,24). The van der Waals surface area contributed by atoms with Crippen molar-refractivity contribution in [3.05, 3.63) is 40.5 Å². The van der Waals surface area contributed by atoms with Crippen LogP contribution in [0.1, 0.15) is 32.8 Å². The molecule has 0 aliphatic rings. The summed E-state index contributed by atoms with van der Waals surface area (Å²) in [6, 6.07) is 6.96. The highest BCUT2D eigenvalue weighted by Gasteiger charge is 2.19. The van der Waals surface area contributed by atoms with Gasteiger partial charge in [-0.05, 0) is 38.1 Å². The lowest BCUT2D eigenvalue weighted by Gasteiger charge is -2.08. The highest BCUT2D eigenvalue weighted by molar-refractivity contribution is 7.17. The van der Waals surface area contributed by atoms with Gasteiger partial charge in [-0.25, -0.2) is 9.78 Å². The molecule has 0 atom stereocenters. The number of ether oxygens (including phenoxy) is 3. The third kappa shape index (κ3) is 4.37. The van der Waals surface area contributed by atoms with Gasteiger partial charge in [-0.1, -0.05) is 11.3 Å². The monoisotopic (exact) mass is 416 g/mol. The summed E-state index contributed by atoms with van der Waals surface area (Å²) < 4.78 is 15.5. The number of aromatic amines is 1. The molecule has 0 fully saturated rings. The topological polar surface area (TPSA) is 115 Å². The van der Waals surface area contributed by atoms with E-state index in [2.05, 4.69) is 20.5 Å². The maximum absolute atomic E-state index is 12.5. The van der Waals surface area contributed by atoms with Gasteiger partial charge >= 0.3 is 5.97 Å². The minimum absolute atomic E-state index is 0.250. The predicted molar refractivity (Wildman–Crippen MR) is 108 cm³/mol. The van der Waals surface area contributed by atoms with E-state index in [1.807, 2.05) is 6.07 Å². The van der Waals surface area contributed by atoms with Crippen molar-refractivity contribution in [1.82, 2.24) is 15.2 Å². The van der Waals surface area contributed by atoms with E-state index in [4.69, 9.17) is 14.2 Å². The summed E-state index contributed by atoms with van der Waals surface area (Å²) >= 11 is 1.06. The molecule has 0 bridgehead atoms. The Balaban J connectivity index is 1.76. The van der Waals surface area contributed by atoms with Gasteiger partial charge in [-0.2, -0.15) is 5.10 Å². The van der Waals surface area contributed by atoms with Gasteiger partial charge < -0.3 is 14.2 Å². The third-order valence-corrected chi connectivity index (χ3v) is 5.03. The van der Waals surface area contributed by atoms with E-state index in [0.717, 1.165) is 16.9 Å². The van der Waals surface area contributed by atoms with Crippen LogP contribution in [0.15, 0.2) is 24.3 Å². The van der Waals surface area contributed by atoms with Crippen molar-refractivity contribution in [3.63, 3.8) is 0 Å². The van der Waals surface area contributed by atoms with Crippen molar-refractivity contribution in [2.75, 3.05) is 26.1 Å². The normalized spacial score (nSPS) is 10.5. The molecular formula is C19H20N4O5S. The molecule has 0 aliphatic carbocycles. The summed E-state index contributed by atoms with van der Waals surface area (Å²) in [6.45, 7) is 3.68. The first-order chi connectivity index (χ1) is 14.0. The summed E-state index contributed by atoms with van der Waals surface area (Å²) in [7, 11) is 3.10. The van der Waals surface area contributed by atoms with Crippen LogP contribution in [0.5, 0.6) is 11.5 Å². The number of nitrogens with one attached hydrogen (secondary N) is 2. The smallest absolute Gasteiger partial charge is 0.350 e. The lowest BCUT2D eigenvalue weighted by atomic mass is 10.1. The summed E-state index contributed by atoms with van der Waals surface area (Å²) in [5.41, 5.74) is 2.07. The average molecular weight is 416 g/mol. The van der Waals surface area contributed by atoms with E-state index in [1.54, 1.807) is 46.3 Å². The molecule has 29 heavy (non-hydrogen) atoms. The number of esters is 1. The van der Waals surface area contributed by atoms with Crippen LogP contribution in [0, 0.1) is 6.92 Å². The number of H-pyrrole nitrogens is 1. The Morgan fingerprint density at radius 1 is 1.17 bits per heavy atom. The molecule has 3 rings (SSSR count). The number of benzene rings is 1. The van der Waals surface area contributed by atoms with E-state index in [9.17, 15) is 9.59 Å². The van der Waals surface area contributed by atoms with Gasteiger partial charge in [0.15, 0.2) is 16.6 Å². The molecule has 1 aromatic carbocycles. The molecule has 0 saturated carbocycles. The Labute approximate surface area is 171 Å². The van der Waals surface area contributed by atoms with Crippen molar-refractivity contribution >= 4 is 28.3 Å². The minimum atomic E-state index is -0.458. The summed E-state index contributed by atoms with van der Waals surface area (Å²) in [4.78, 5) is 29.0. The van der Waals surface area contributed by atoms with Crippen LogP contribution < -0.4 is 14.8 Å². The molecule has 0 saturated heterocycles. The second kappa shape index (κ2) is 8.74. The Bertz CT molecular complexity index is 1040. The van der Waals surface area contributed by atoms with E-state index < -0.39 is 11.9 Å². The second-order valence-corrected chi connectivity index (χ2v) is 6.84. The largest absolute Gasteiger partial charge is 0.493 e. The summed E-state index contributed by atoms with van der Waals surface area (Å²) in [5.74, 6) is 0.277. The quantitative estimate of drug-likeness (QED) is 0.568. The molecule has 10 heteroatoms. The first-order valence-electron chi connectivity index (χ1n) is 8.70. The zero-order chi connectivity index (χ0) is 21.0. The maximum Gasteiger partial charge on any atom is 0.350 e. The molecule has 0 unspecified atom stereocenters.